The van der Waals surface area contributed by atoms with Gasteiger partial charge >= 0.3 is 0 Å². The largest absolute Gasteiger partial charge is 0.256 e. The summed E-state index contributed by atoms with van der Waals surface area (Å²) >= 11 is 0. The molecule has 0 aliphatic heterocycles. The Morgan fingerprint density at radius 3 is 1.88 bits per heavy atom. The molecule has 0 unspecified atom stereocenters. The molecule has 1 aromatic heterocycles. The molecule has 2 heteroatoms. The number of imidazole rings is 1. The fourth-order valence-electron chi connectivity index (χ4n) is 3.65. The Balaban J connectivity index is 2.31. The van der Waals surface area contributed by atoms with Gasteiger partial charge in [0, 0.05) is 6.42 Å². The fourth-order valence-corrected chi connectivity index (χ4v) is 3.65. The van der Waals surface area contributed by atoms with Crippen molar-refractivity contribution < 1.29 is 4.57 Å². The zero-order chi connectivity index (χ0) is 18.2. The number of nitrogens with zero attached hydrogens (tertiary/aromatic N) is 2. The molecule has 0 saturated carbocycles. The van der Waals surface area contributed by atoms with E-state index in [0.29, 0.717) is 0 Å². The molecule has 0 aliphatic carbocycles. The maximum atomic E-state index is 2.54. The third-order valence-electron chi connectivity index (χ3n) is 5.35. The summed E-state index contributed by atoms with van der Waals surface area (Å²) in [5, 5.41) is 0. The van der Waals surface area contributed by atoms with Gasteiger partial charge in [-0.2, -0.15) is 0 Å². The van der Waals surface area contributed by atoms with Crippen LogP contribution in [0.25, 0.3) is 0 Å². The highest BCUT2D eigenvalue weighted by Crippen LogP contribution is 2.12. The number of aryl methyl sites for hydroxylation is 2. The van der Waals surface area contributed by atoms with Gasteiger partial charge in [0.15, 0.2) is 0 Å². The lowest BCUT2D eigenvalue weighted by molar-refractivity contribution is -0.704. The first-order valence-electron chi connectivity index (χ1n) is 11.4. The SMILES string of the molecule is CCCCCCCCCCCc1n(CCCC)cc[n+]1CCCCC. The van der Waals surface area contributed by atoms with Gasteiger partial charge in [-0.3, -0.25) is 0 Å². The summed E-state index contributed by atoms with van der Waals surface area (Å²) in [5.41, 5.74) is 0. The van der Waals surface area contributed by atoms with E-state index in [0.717, 1.165) is 0 Å². The van der Waals surface area contributed by atoms with Crippen LogP contribution in [0.15, 0.2) is 12.4 Å². The first-order valence-corrected chi connectivity index (χ1v) is 11.4. The molecule has 0 fully saturated rings. The molecular formula is C23H45N2+. The quantitative estimate of drug-likeness (QED) is 0.215. The van der Waals surface area contributed by atoms with E-state index in [1.54, 1.807) is 5.82 Å². The summed E-state index contributed by atoms with van der Waals surface area (Å²) in [4.78, 5) is 0. The Labute approximate surface area is 158 Å². The molecule has 1 rings (SSSR count). The third kappa shape index (κ3) is 10.1. The Bertz CT molecular complexity index is 408. The van der Waals surface area contributed by atoms with Crippen molar-refractivity contribution in [3.05, 3.63) is 18.2 Å². The topological polar surface area (TPSA) is 8.81 Å². The van der Waals surface area contributed by atoms with Crippen LogP contribution in [-0.2, 0) is 19.5 Å². The van der Waals surface area contributed by atoms with Gasteiger partial charge < -0.3 is 0 Å². The zero-order valence-electron chi connectivity index (χ0n) is 17.6. The summed E-state index contributed by atoms with van der Waals surface area (Å²) in [7, 11) is 0. The van der Waals surface area contributed by atoms with Crippen LogP contribution in [0.2, 0.25) is 0 Å². The van der Waals surface area contributed by atoms with Crippen molar-refractivity contribution in [3.8, 4) is 0 Å². The molecular weight excluding hydrogens is 304 g/mol. The van der Waals surface area contributed by atoms with E-state index in [9.17, 15) is 0 Å². The maximum absolute atomic E-state index is 2.54. The zero-order valence-corrected chi connectivity index (χ0v) is 17.6. The predicted molar refractivity (Wildman–Crippen MR) is 110 cm³/mol. The number of hydrogen-bond donors (Lipinski definition) is 0. The second-order valence-electron chi connectivity index (χ2n) is 7.74. The van der Waals surface area contributed by atoms with Crippen LogP contribution in [0.5, 0.6) is 0 Å². The van der Waals surface area contributed by atoms with Crippen molar-refractivity contribution in [2.75, 3.05) is 0 Å². The van der Waals surface area contributed by atoms with Crippen molar-refractivity contribution >= 4 is 0 Å². The molecule has 1 aromatic rings. The molecule has 1 heterocycles. The van der Waals surface area contributed by atoms with Crippen LogP contribution in [0, 0.1) is 0 Å². The number of hydrogen-bond acceptors (Lipinski definition) is 0. The summed E-state index contributed by atoms with van der Waals surface area (Å²) in [6.45, 7) is 9.29. The molecule has 0 atom stereocenters. The highest BCUT2D eigenvalue weighted by Gasteiger charge is 2.16. The van der Waals surface area contributed by atoms with E-state index in [1.165, 1.54) is 109 Å². The molecule has 25 heavy (non-hydrogen) atoms. The molecule has 0 radical (unpaired) electrons. The Morgan fingerprint density at radius 1 is 0.680 bits per heavy atom. The van der Waals surface area contributed by atoms with Gasteiger partial charge in [-0.1, -0.05) is 85.0 Å². The lowest BCUT2D eigenvalue weighted by atomic mass is 10.1. The molecule has 0 bridgehead atoms. The van der Waals surface area contributed by atoms with Crippen LogP contribution >= 0.6 is 0 Å². The molecule has 0 amide bonds. The summed E-state index contributed by atoms with van der Waals surface area (Å²) in [6, 6.07) is 0. The molecule has 0 saturated heterocycles. The average Bonchev–Trinajstić information content (AvgIpc) is 3.00. The number of unbranched alkanes of at least 4 members (excludes halogenated alkanes) is 11. The highest BCUT2D eigenvalue weighted by molar-refractivity contribution is 4.84. The van der Waals surface area contributed by atoms with E-state index in [-0.39, 0.29) is 0 Å². The molecule has 2 nitrogen and oxygen atoms in total. The van der Waals surface area contributed by atoms with Gasteiger partial charge in [0.1, 0.15) is 12.4 Å². The Morgan fingerprint density at radius 2 is 1.24 bits per heavy atom. The predicted octanol–water partition coefficient (Wildman–Crippen LogP) is 6.84. The fraction of sp³-hybridized carbons (Fsp3) is 0.870. The number of rotatable bonds is 17. The molecule has 0 spiro atoms. The van der Waals surface area contributed by atoms with E-state index >= 15 is 0 Å². The van der Waals surface area contributed by atoms with Gasteiger partial charge in [0.05, 0.1) is 13.1 Å². The van der Waals surface area contributed by atoms with Crippen LogP contribution in [0.4, 0.5) is 0 Å². The van der Waals surface area contributed by atoms with E-state index in [4.69, 9.17) is 0 Å². The second kappa shape index (κ2) is 15.5. The van der Waals surface area contributed by atoms with Crippen LogP contribution in [-0.4, -0.2) is 4.57 Å². The highest BCUT2D eigenvalue weighted by atomic mass is 15.1. The molecule has 0 aliphatic rings. The normalized spacial score (nSPS) is 11.3. The first-order chi connectivity index (χ1) is 12.3. The van der Waals surface area contributed by atoms with Gasteiger partial charge in [-0.05, 0) is 25.7 Å². The first kappa shape index (κ1) is 22.3. The van der Waals surface area contributed by atoms with Gasteiger partial charge in [-0.25, -0.2) is 9.13 Å². The minimum atomic E-state index is 1.20. The van der Waals surface area contributed by atoms with Gasteiger partial charge in [0.2, 0.25) is 0 Å². The van der Waals surface area contributed by atoms with Crippen molar-refractivity contribution in [3.63, 3.8) is 0 Å². The standard InChI is InChI=1S/C23H45N2/c1-4-7-10-11-12-13-14-15-16-18-23-24(19-9-6-3)21-22-25(23)20-17-8-5-2/h21-22H,4-20H2,1-3H3/q+1. The van der Waals surface area contributed by atoms with E-state index in [2.05, 4.69) is 42.3 Å². The monoisotopic (exact) mass is 349 g/mol. The van der Waals surface area contributed by atoms with Crippen molar-refractivity contribution in [1.82, 2.24) is 4.57 Å². The Hall–Kier alpha value is -0.790. The average molecular weight is 350 g/mol. The molecule has 0 N–H and O–H groups in total. The van der Waals surface area contributed by atoms with E-state index < -0.39 is 0 Å². The summed E-state index contributed by atoms with van der Waals surface area (Å²) in [5.74, 6) is 1.58. The van der Waals surface area contributed by atoms with Crippen LogP contribution in [0.1, 0.15) is 116 Å². The number of aromatic nitrogens is 2. The second-order valence-corrected chi connectivity index (χ2v) is 7.74. The van der Waals surface area contributed by atoms with Crippen molar-refractivity contribution in [1.29, 1.82) is 0 Å². The lowest BCUT2D eigenvalue weighted by Gasteiger charge is -2.06. The maximum Gasteiger partial charge on any atom is 0.256 e. The van der Waals surface area contributed by atoms with Gasteiger partial charge in [0.25, 0.3) is 5.82 Å². The van der Waals surface area contributed by atoms with E-state index in [1.807, 2.05) is 0 Å². The minimum absolute atomic E-state index is 1.20. The van der Waals surface area contributed by atoms with Crippen LogP contribution in [0.3, 0.4) is 0 Å². The van der Waals surface area contributed by atoms with Gasteiger partial charge in [-0.15, -0.1) is 0 Å². The summed E-state index contributed by atoms with van der Waals surface area (Å²) in [6.07, 6.45) is 25.2. The lowest BCUT2D eigenvalue weighted by Crippen LogP contribution is -2.37. The van der Waals surface area contributed by atoms with Crippen LogP contribution < -0.4 is 4.57 Å². The minimum Gasteiger partial charge on any atom is -0.234 e. The third-order valence-corrected chi connectivity index (χ3v) is 5.35. The Kier molecular flexibility index (Phi) is 13.8. The summed E-state index contributed by atoms with van der Waals surface area (Å²) < 4.78 is 5.07. The van der Waals surface area contributed by atoms with Crippen molar-refractivity contribution in [2.24, 2.45) is 0 Å². The molecule has 0 aromatic carbocycles. The van der Waals surface area contributed by atoms with Crippen molar-refractivity contribution in [2.45, 2.75) is 130 Å². The smallest absolute Gasteiger partial charge is 0.234 e. The molecule has 146 valence electrons.